The fourth-order valence-electron chi connectivity index (χ4n) is 3.18. The van der Waals surface area contributed by atoms with E-state index in [0.29, 0.717) is 5.56 Å². The Morgan fingerprint density at radius 3 is 2.72 bits per heavy atom. The zero-order valence-corrected chi connectivity index (χ0v) is 14.5. The van der Waals surface area contributed by atoms with Crippen molar-refractivity contribution in [3.63, 3.8) is 0 Å². The number of hydrogen-bond acceptors (Lipinski definition) is 4. The summed E-state index contributed by atoms with van der Waals surface area (Å²) in [6.45, 7) is 6.10. The number of benzene rings is 1. The van der Waals surface area contributed by atoms with E-state index in [-0.39, 0.29) is 11.9 Å². The molecule has 0 saturated carbocycles. The second-order valence-corrected chi connectivity index (χ2v) is 6.43. The first-order chi connectivity index (χ1) is 12.2. The number of hydrogen-bond donors (Lipinski definition) is 0. The maximum atomic E-state index is 12.7. The number of nitrogens with zero attached hydrogens (tertiary/aromatic N) is 5. The van der Waals surface area contributed by atoms with Crippen LogP contribution in [0.3, 0.4) is 0 Å². The van der Waals surface area contributed by atoms with Crippen LogP contribution in [-0.2, 0) is 11.3 Å². The number of carbonyl (C=O) groups excluding carboxylic acids is 1. The van der Waals surface area contributed by atoms with Crippen molar-refractivity contribution in [3.8, 4) is 6.07 Å². The van der Waals surface area contributed by atoms with Crippen molar-refractivity contribution in [2.45, 2.75) is 25.9 Å². The highest BCUT2D eigenvalue weighted by Crippen LogP contribution is 2.14. The number of rotatable bonds is 4. The topological polar surface area (TPSA) is 65.2 Å². The summed E-state index contributed by atoms with van der Waals surface area (Å²) in [7, 11) is 0. The minimum atomic E-state index is -0.264. The molecule has 0 N–H and O–H groups in total. The first kappa shape index (κ1) is 17.2. The van der Waals surface area contributed by atoms with Gasteiger partial charge in [0.15, 0.2) is 0 Å². The van der Waals surface area contributed by atoms with Gasteiger partial charge in [-0.05, 0) is 37.1 Å². The molecule has 1 saturated heterocycles. The number of carbonyl (C=O) groups is 1. The van der Waals surface area contributed by atoms with E-state index in [1.165, 1.54) is 5.56 Å². The predicted molar refractivity (Wildman–Crippen MR) is 94.6 cm³/mol. The molecule has 130 valence electrons. The molecule has 0 aliphatic carbocycles. The third-order valence-corrected chi connectivity index (χ3v) is 4.67. The van der Waals surface area contributed by atoms with Crippen LogP contribution in [0.25, 0.3) is 0 Å². The zero-order valence-electron chi connectivity index (χ0n) is 14.5. The average molecular weight is 337 g/mol. The Morgan fingerprint density at radius 2 is 2.04 bits per heavy atom. The Morgan fingerprint density at radius 1 is 1.24 bits per heavy atom. The standard InChI is InChI=1S/C19H23N5O/c1-16(24-11-2-8-21-24)19(25)23-10-3-9-22(12-13-23)15-18-6-4-17(14-20)5-7-18/h2,4-8,11,16H,3,9-10,12-13,15H2,1H3/t16-/m1/s1. The van der Waals surface area contributed by atoms with Gasteiger partial charge in [-0.25, -0.2) is 0 Å². The lowest BCUT2D eigenvalue weighted by Gasteiger charge is -2.25. The zero-order chi connectivity index (χ0) is 17.6. The van der Waals surface area contributed by atoms with Crippen molar-refractivity contribution in [2.75, 3.05) is 26.2 Å². The van der Waals surface area contributed by atoms with E-state index in [0.717, 1.165) is 39.1 Å². The van der Waals surface area contributed by atoms with E-state index in [1.54, 1.807) is 10.9 Å². The van der Waals surface area contributed by atoms with Crippen molar-refractivity contribution in [1.82, 2.24) is 19.6 Å². The normalized spacial score (nSPS) is 16.9. The summed E-state index contributed by atoms with van der Waals surface area (Å²) in [4.78, 5) is 17.0. The fourth-order valence-corrected chi connectivity index (χ4v) is 3.18. The first-order valence-electron chi connectivity index (χ1n) is 8.66. The highest BCUT2D eigenvalue weighted by atomic mass is 16.2. The van der Waals surface area contributed by atoms with E-state index in [4.69, 9.17) is 5.26 Å². The SMILES string of the molecule is C[C@H](C(=O)N1CCCN(Cc2ccc(C#N)cc2)CC1)n1cccn1. The summed E-state index contributed by atoms with van der Waals surface area (Å²) in [6.07, 6.45) is 4.50. The molecule has 1 aromatic heterocycles. The molecule has 1 amide bonds. The Kier molecular flexibility index (Phi) is 5.46. The first-order valence-corrected chi connectivity index (χ1v) is 8.66. The van der Waals surface area contributed by atoms with Crippen LogP contribution in [0, 0.1) is 11.3 Å². The molecule has 0 unspecified atom stereocenters. The molecule has 0 bridgehead atoms. The molecule has 6 heteroatoms. The molecule has 3 rings (SSSR count). The second kappa shape index (κ2) is 7.95. The van der Waals surface area contributed by atoms with E-state index >= 15 is 0 Å². The van der Waals surface area contributed by atoms with E-state index in [1.807, 2.05) is 48.4 Å². The Labute approximate surface area is 148 Å². The van der Waals surface area contributed by atoms with E-state index in [9.17, 15) is 4.79 Å². The van der Waals surface area contributed by atoms with E-state index in [2.05, 4.69) is 16.1 Å². The molecule has 1 fully saturated rings. The van der Waals surface area contributed by atoms with Crippen LogP contribution >= 0.6 is 0 Å². The highest BCUT2D eigenvalue weighted by molar-refractivity contribution is 5.80. The van der Waals surface area contributed by atoms with Crippen LogP contribution in [0.15, 0.2) is 42.7 Å². The average Bonchev–Trinajstić information content (AvgIpc) is 3.08. The molecule has 1 aliphatic heterocycles. The van der Waals surface area contributed by atoms with Gasteiger partial charge in [0, 0.05) is 45.1 Å². The molecule has 0 spiro atoms. The van der Waals surface area contributed by atoms with Crippen LogP contribution in [0.1, 0.15) is 30.5 Å². The minimum absolute atomic E-state index is 0.129. The van der Waals surface area contributed by atoms with Gasteiger partial charge < -0.3 is 4.90 Å². The van der Waals surface area contributed by atoms with Crippen LogP contribution in [0.2, 0.25) is 0 Å². The second-order valence-electron chi connectivity index (χ2n) is 6.43. The van der Waals surface area contributed by atoms with Gasteiger partial charge in [-0.3, -0.25) is 14.4 Å². The van der Waals surface area contributed by atoms with Crippen molar-refractivity contribution in [2.24, 2.45) is 0 Å². The lowest BCUT2D eigenvalue weighted by atomic mass is 10.1. The van der Waals surface area contributed by atoms with Gasteiger partial charge in [-0.2, -0.15) is 10.4 Å². The van der Waals surface area contributed by atoms with Crippen molar-refractivity contribution in [1.29, 1.82) is 5.26 Å². The van der Waals surface area contributed by atoms with Gasteiger partial charge in [-0.1, -0.05) is 12.1 Å². The van der Waals surface area contributed by atoms with Crippen LogP contribution < -0.4 is 0 Å². The lowest BCUT2D eigenvalue weighted by molar-refractivity contribution is -0.134. The quantitative estimate of drug-likeness (QED) is 0.856. The fraction of sp³-hybridized carbons (Fsp3) is 0.421. The lowest BCUT2D eigenvalue weighted by Crippen LogP contribution is -2.39. The highest BCUT2D eigenvalue weighted by Gasteiger charge is 2.24. The minimum Gasteiger partial charge on any atom is -0.340 e. The van der Waals surface area contributed by atoms with Crippen molar-refractivity contribution < 1.29 is 4.79 Å². The third-order valence-electron chi connectivity index (χ3n) is 4.67. The summed E-state index contributed by atoms with van der Waals surface area (Å²) in [5.74, 6) is 0.129. The summed E-state index contributed by atoms with van der Waals surface area (Å²) < 4.78 is 1.71. The molecule has 2 heterocycles. The van der Waals surface area contributed by atoms with Crippen molar-refractivity contribution >= 4 is 5.91 Å². The summed E-state index contributed by atoms with van der Waals surface area (Å²) in [5, 5.41) is 13.1. The Hall–Kier alpha value is -2.65. The largest absolute Gasteiger partial charge is 0.340 e. The van der Waals surface area contributed by atoms with Crippen molar-refractivity contribution in [3.05, 3.63) is 53.9 Å². The number of aromatic nitrogens is 2. The van der Waals surface area contributed by atoms with Gasteiger partial charge in [-0.15, -0.1) is 0 Å². The maximum absolute atomic E-state index is 12.7. The van der Waals surface area contributed by atoms with Gasteiger partial charge >= 0.3 is 0 Å². The van der Waals surface area contributed by atoms with Gasteiger partial charge in [0.05, 0.1) is 11.6 Å². The van der Waals surface area contributed by atoms with Gasteiger partial charge in [0.25, 0.3) is 0 Å². The molecular weight excluding hydrogens is 314 g/mol. The predicted octanol–water partition coefficient (Wildman–Crippen LogP) is 2.05. The molecule has 1 aliphatic rings. The summed E-state index contributed by atoms with van der Waals surface area (Å²) in [5.41, 5.74) is 1.88. The number of nitriles is 1. The Bertz CT molecular complexity index is 732. The summed E-state index contributed by atoms with van der Waals surface area (Å²) in [6, 6.07) is 11.4. The third kappa shape index (κ3) is 4.25. The van der Waals surface area contributed by atoms with E-state index < -0.39 is 0 Å². The van der Waals surface area contributed by atoms with Crippen LogP contribution in [-0.4, -0.2) is 51.7 Å². The number of amides is 1. The molecule has 0 radical (unpaired) electrons. The molecular formula is C19H23N5O. The smallest absolute Gasteiger partial charge is 0.247 e. The molecule has 2 aromatic rings. The van der Waals surface area contributed by atoms with Crippen LogP contribution in [0.4, 0.5) is 0 Å². The molecule has 1 atom stereocenters. The molecule has 6 nitrogen and oxygen atoms in total. The summed E-state index contributed by atoms with van der Waals surface area (Å²) >= 11 is 0. The molecule has 25 heavy (non-hydrogen) atoms. The van der Waals surface area contributed by atoms with Crippen LogP contribution in [0.5, 0.6) is 0 Å². The maximum Gasteiger partial charge on any atom is 0.247 e. The monoisotopic (exact) mass is 337 g/mol. The Balaban J connectivity index is 1.56. The van der Waals surface area contributed by atoms with Gasteiger partial charge in [0.1, 0.15) is 6.04 Å². The molecule has 1 aromatic carbocycles. The van der Waals surface area contributed by atoms with Gasteiger partial charge in [0.2, 0.25) is 5.91 Å².